The topological polar surface area (TPSA) is 17.1 Å². The van der Waals surface area contributed by atoms with Gasteiger partial charge in [0.25, 0.3) is 0 Å². The van der Waals surface area contributed by atoms with Gasteiger partial charge in [-0.15, -0.1) is 11.8 Å². The molecule has 0 fully saturated rings. The number of hydrogen-bond donors (Lipinski definition) is 0. The molecule has 0 atom stereocenters. The van der Waals surface area contributed by atoms with Gasteiger partial charge in [-0.2, -0.15) is 0 Å². The highest BCUT2D eigenvalue weighted by atomic mass is 79.9. The van der Waals surface area contributed by atoms with Crippen LogP contribution in [0.1, 0.15) is 21.5 Å². The number of allylic oxidation sites excluding steroid dienone is 1. The number of ketones is 1. The standard InChI is InChI=1S/C22H15Br2ClOS/c23-18-7-1-15(2-8-18)13-21(22(26)17-5-9-19(24)10-6-17)27-14-16-3-11-20(25)12-4-16/h1-13H,14H2/b21-13+. The molecule has 0 spiro atoms. The van der Waals surface area contributed by atoms with Gasteiger partial charge in [0.15, 0.2) is 5.78 Å². The van der Waals surface area contributed by atoms with Gasteiger partial charge in [-0.25, -0.2) is 0 Å². The normalized spacial score (nSPS) is 11.4. The van der Waals surface area contributed by atoms with Crippen LogP contribution >= 0.6 is 55.2 Å². The summed E-state index contributed by atoms with van der Waals surface area (Å²) in [6.45, 7) is 0. The third kappa shape index (κ3) is 6.08. The second kappa shape index (κ2) is 9.74. The Morgan fingerprint density at radius 3 is 2.00 bits per heavy atom. The van der Waals surface area contributed by atoms with Crippen molar-refractivity contribution in [3.8, 4) is 0 Å². The predicted octanol–water partition coefficient (Wildman–Crippen LogP) is 8.02. The molecular formula is C22H15Br2ClOS. The number of carbonyl (C=O) groups excluding carboxylic acids is 1. The van der Waals surface area contributed by atoms with Crippen LogP contribution in [0.5, 0.6) is 0 Å². The second-order valence-electron chi connectivity index (χ2n) is 5.81. The van der Waals surface area contributed by atoms with Crippen LogP contribution in [0.15, 0.2) is 86.6 Å². The Morgan fingerprint density at radius 1 is 0.852 bits per heavy atom. The van der Waals surface area contributed by atoms with E-state index >= 15 is 0 Å². The van der Waals surface area contributed by atoms with E-state index in [1.807, 2.05) is 78.9 Å². The molecule has 3 aromatic rings. The van der Waals surface area contributed by atoms with Crippen molar-refractivity contribution in [3.63, 3.8) is 0 Å². The van der Waals surface area contributed by atoms with E-state index in [2.05, 4.69) is 31.9 Å². The van der Waals surface area contributed by atoms with Crippen molar-refractivity contribution < 1.29 is 4.79 Å². The molecule has 136 valence electrons. The first-order valence-corrected chi connectivity index (χ1v) is 11.1. The van der Waals surface area contributed by atoms with Crippen molar-refractivity contribution in [2.45, 2.75) is 5.75 Å². The Morgan fingerprint density at radius 2 is 1.41 bits per heavy atom. The molecule has 0 aliphatic heterocycles. The molecule has 0 heterocycles. The molecule has 0 bridgehead atoms. The van der Waals surface area contributed by atoms with Gasteiger partial charge in [-0.3, -0.25) is 4.79 Å². The minimum Gasteiger partial charge on any atom is -0.288 e. The van der Waals surface area contributed by atoms with E-state index in [1.54, 1.807) is 0 Å². The largest absolute Gasteiger partial charge is 0.288 e. The second-order valence-corrected chi connectivity index (χ2v) is 9.10. The molecule has 0 N–H and O–H groups in total. The quantitative estimate of drug-likeness (QED) is 0.241. The van der Waals surface area contributed by atoms with Crippen molar-refractivity contribution in [1.82, 2.24) is 0 Å². The highest BCUT2D eigenvalue weighted by Gasteiger charge is 2.14. The molecule has 3 rings (SSSR count). The zero-order valence-electron chi connectivity index (χ0n) is 14.2. The van der Waals surface area contributed by atoms with Gasteiger partial charge >= 0.3 is 0 Å². The lowest BCUT2D eigenvalue weighted by molar-refractivity contribution is 0.104. The number of thioether (sulfide) groups is 1. The molecule has 0 saturated carbocycles. The SMILES string of the molecule is O=C(/C(=C\c1ccc(Br)cc1)SCc1ccc(Cl)cc1)c1ccc(Br)cc1. The molecule has 0 saturated heterocycles. The third-order valence-corrected chi connectivity index (χ3v) is 6.21. The molecule has 1 nitrogen and oxygen atoms in total. The van der Waals surface area contributed by atoms with Crippen LogP contribution in [0.25, 0.3) is 6.08 Å². The van der Waals surface area contributed by atoms with Crippen LogP contribution in [0, 0.1) is 0 Å². The molecule has 0 radical (unpaired) electrons. The van der Waals surface area contributed by atoms with Gasteiger partial charge in [0.1, 0.15) is 0 Å². The van der Waals surface area contributed by atoms with Crippen LogP contribution in [0.3, 0.4) is 0 Å². The van der Waals surface area contributed by atoms with Gasteiger partial charge < -0.3 is 0 Å². The molecule has 0 amide bonds. The third-order valence-electron chi connectivity index (χ3n) is 3.81. The smallest absolute Gasteiger partial charge is 0.199 e. The monoisotopic (exact) mass is 520 g/mol. The lowest BCUT2D eigenvalue weighted by Gasteiger charge is -2.08. The van der Waals surface area contributed by atoms with E-state index in [9.17, 15) is 4.79 Å². The van der Waals surface area contributed by atoms with Gasteiger partial charge in [-0.05, 0) is 65.7 Å². The number of hydrogen-bond acceptors (Lipinski definition) is 2. The fourth-order valence-electron chi connectivity index (χ4n) is 2.37. The molecule has 0 aliphatic rings. The fraction of sp³-hybridized carbons (Fsp3) is 0.0455. The molecule has 0 aromatic heterocycles. The molecule has 5 heteroatoms. The Balaban J connectivity index is 1.87. The van der Waals surface area contributed by atoms with E-state index in [0.29, 0.717) is 21.2 Å². The fourth-order valence-corrected chi connectivity index (χ4v) is 4.01. The maximum absolute atomic E-state index is 13.1. The summed E-state index contributed by atoms with van der Waals surface area (Å²) in [4.78, 5) is 13.8. The summed E-state index contributed by atoms with van der Waals surface area (Å²) in [5.74, 6) is 0.714. The van der Waals surface area contributed by atoms with Crippen molar-refractivity contribution in [2.75, 3.05) is 0 Å². The molecule has 27 heavy (non-hydrogen) atoms. The Hall–Kier alpha value is -1.33. The summed E-state index contributed by atoms with van der Waals surface area (Å²) in [5, 5.41) is 0.709. The Labute approximate surface area is 185 Å². The van der Waals surface area contributed by atoms with Crippen molar-refractivity contribution in [1.29, 1.82) is 0 Å². The molecule has 0 unspecified atom stereocenters. The van der Waals surface area contributed by atoms with Gasteiger partial charge in [-0.1, -0.05) is 67.7 Å². The van der Waals surface area contributed by atoms with Crippen LogP contribution in [0.2, 0.25) is 5.02 Å². The highest BCUT2D eigenvalue weighted by Crippen LogP contribution is 2.28. The average Bonchev–Trinajstić information content (AvgIpc) is 2.68. The summed E-state index contributed by atoms with van der Waals surface area (Å²) >= 11 is 14.3. The maximum atomic E-state index is 13.1. The van der Waals surface area contributed by atoms with E-state index in [4.69, 9.17) is 11.6 Å². The Bertz CT molecular complexity index is 949. The maximum Gasteiger partial charge on any atom is 0.199 e. The van der Waals surface area contributed by atoms with Crippen molar-refractivity contribution >= 4 is 67.1 Å². The van der Waals surface area contributed by atoms with E-state index < -0.39 is 0 Å². The predicted molar refractivity (Wildman–Crippen MR) is 123 cm³/mol. The number of Topliss-reactive ketones (excluding diaryl/α,β-unsaturated/α-hetero) is 1. The minimum absolute atomic E-state index is 0.0179. The summed E-state index contributed by atoms with van der Waals surface area (Å²) in [7, 11) is 0. The van der Waals surface area contributed by atoms with Crippen LogP contribution < -0.4 is 0 Å². The van der Waals surface area contributed by atoms with Crippen LogP contribution in [-0.4, -0.2) is 5.78 Å². The highest BCUT2D eigenvalue weighted by molar-refractivity contribution is 9.10. The summed E-state index contributed by atoms with van der Waals surface area (Å²) in [6.07, 6.45) is 1.94. The van der Waals surface area contributed by atoms with E-state index in [0.717, 1.165) is 20.1 Å². The van der Waals surface area contributed by atoms with Gasteiger partial charge in [0.05, 0.1) is 4.91 Å². The van der Waals surface area contributed by atoms with Gasteiger partial charge in [0.2, 0.25) is 0 Å². The number of halogens is 3. The van der Waals surface area contributed by atoms with Crippen molar-refractivity contribution in [3.05, 3.63) is 108 Å². The van der Waals surface area contributed by atoms with Crippen molar-refractivity contribution in [2.24, 2.45) is 0 Å². The first kappa shape index (κ1) is 20.4. The first-order valence-electron chi connectivity index (χ1n) is 8.16. The first-order chi connectivity index (χ1) is 13.0. The van der Waals surface area contributed by atoms with Crippen LogP contribution in [-0.2, 0) is 5.75 Å². The molecule has 0 aliphatic carbocycles. The lowest BCUT2D eigenvalue weighted by atomic mass is 10.1. The zero-order valence-corrected chi connectivity index (χ0v) is 18.9. The minimum atomic E-state index is 0.0179. The number of carbonyl (C=O) groups is 1. The number of rotatable bonds is 6. The summed E-state index contributed by atoms with van der Waals surface area (Å²) < 4.78 is 1.96. The van der Waals surface area contributed by atoms with Gasteiger partial charge in [0, 0.05) is 25.3 Å². The zero-order chi connectivity index (χ0) is 19.2. The molecular weight excluding hydrogens is 508 g/mol. The summed E-state index contributed by atoms with van der Waals surface area (Å²) in [6, 6.07) is 23.1. The number of benzene rings is 3. The average molecular weight is 523 g/mol. The van der Waals surface area contributed by atoms with E-state index in [1.165, 1.54) is 11.8 Å². The lowest BCUT2D eigenvalue weighted by Crippen LogP contribution is -2.01. The summed E-state index contributed by atoms with van der Waals surface area (Å²) in [5.41, 5.74) is 2.78. The van der Waals surface area contributed by atoms with E-state index in [-0.39, 0.29) is 5.78 Å². The molecule has 3 aromatic carbocycles. The Kier molecular flexibility index (Phi) is 7.36. The van der Waals surface area contributed by atoms with Crippen LogP contribution in [0.4, 0.5) is 0 Å².